The van der Waals surface area contributed by atoms with Crippen LogP contribution in [0.4, 0.5) is 0 Å². The van der Waals surface area contributed by atoms with Gasteiger partial charge in [-0.25, -0.2) is 0 Å². The van der Waals surface area contributed by atoms with Crippen LogP contribution in [0.15, 0.2) is 0 Å². The Balaban J connectivity index is 3.10. The molecule has 1 rings (SSSR count). The first-order valence-corrected chi connectivity index (χ1v) is 7.35. The molecule has 1 fully saturated rings. The van der Waals surface area contributed by atoms with Crippen LogP contribution in [-0.4, -0.2) is 56.3 Å². The van der Waals surface area contributed by atoms with Crippen molar-refractivity contribution in [1.82, 2.24) is 14.2 Å². The normalized spacial score (nSPS) is 21.0. The molecule has 1 aliphatic rings. The Morgan fingerprint density at radius 2 is 0.667 bits per heavy atom. The predicted molar refractivity (Wildman–Crippen MR) is 85.8 cm³/mol. The van der Waals surface area contributed by atoms with E-state index in [1.54, 1.807) is 0 Å². The topological polar surface area (TPSA) is 9.72 Å². The van der Waals surface area contributed by atoms with Crippen LogP contribution in [0.3, 0.4) is 0 Å². The van der Waals surface area contributed by atoms with Crippen LogP contribution in [0.2, 0.25) is 17.5 Å². The predicted octanol–water partition coefficient (Wildman–Crippen LogP) is 2.49. The summed E-state index contributed by atoms with van der Waals surface area (Å²) in [4.78, 5) is 0. The van der Waals surface area contributed by atoms with Gasteiger partial charge in [-0.15, -0.1) is 0 Å². The fourth-order valence-electron chi connectivity index (χ4n) is 4.15. The van der Waals surface area contributed by atoms with Gasteiger partial charge < -0.3 is 14.2 Å². The fourth-order valence-corrected chi connectivity index (χ4v) is 4.15. The first-order chi connectivity index (χ1) is 8.20. The van der Waals surface area contributed by atoms with Crippen LogP contribution in [0.5, 0.6) is 0 Å². The molecule has 0 saturated carbocycles. The molecule has 0 aromatic heterocycles. The Morgan fingerprint density at radius 3 is 0.778 bits per heavy atom. The van der Waals surface area contributed by atoms with E-state index in [4.69, 9.17) is 0 Å². The van der Waals surface area contributed by atoms with E-state index in [1.807, 2.05) is 0 Å². The van der Waals surface area contributed by atoms with Crippen molar-refractivity contribution in [1.29, 1.82) is 0 Å². The van der Waals surface area contributed by atoms with E-state index in [0.717, 1.165) is 0 Å². The van der Waals surface area contributed by atoms with Gasteiger partial charge in [0.1, 0.15) is 0 Å². The molecule has 0 aromatic rings. The quantitative estimate of drug-likeness (QED) is 0.711. The summed E-state index contributed by atoms with van der Waals surface area (Å²) in [7, 11) is 6.83. The number of rotatable bonds is 3. The molecule has 1 saturated heterocycles. The summed E-state index contributed by atoms with van der Waals surface area (Å²) in [5, 5.41) is 0. The highest BCUT2D eigenvalue weighted by Gasteiger charge is 2.50. The zero-order chi connectivity index (χ0) is 14.2. The molecule has 1 heterocycles. The molecule has 0 bridgehead atoms. The third kappa shape index (κ3) is 2.81. The van der Waals surface area contributed by atoms with Crippen LogP contribution in [-0.2, 0) is 0 Å². The number of hydrogen-bond acceptors (Lipinski definition) is 3. The molecular weight excluding hydrogens is 219 g/mol. The largest absolute Gasteiger partial charge is 0.359 e. The van der Waals surface area contributed by atoms with Crippen molar-refractivity contribution in [3.05, 3.63) is 0 Å². The molecule has 6 heteroatoms. The van der Waals surface area contributed by atoms with Crippen molar-refractivity contribution in [3.63, 3.8) is 0 Å². The summed E-state index contributed by atoms with van der Waals surface area (Å²) >= 11 is 0. The smallest absolute Gasteiger partial charge is 0.292 e. The van der Waals surface area contributed by atoms with Gasteiger partial charge in [-0.2, -0.15) is 0 Å². The Kier molecular flexibility index (Phi) is 5.39. The van der Waals surface area contributed by atoms with Gasteiger partial charge in [-0.1, -0.05) is 41.5 Å². The molecule has 1 aliphatic heterocycles. The van der Waals surface area contributed by atoms with Crippen LogP contribution < -0.4 is 0 Å². The second-order valence-electron chi connectivity index (χ2n) is 6.97. The fraction of sp³-hybridized carbons (Fsp3) is 1.00. The van der Waals surface area contributed by atoms with Crippen molar-refractivity contribution in [3.8, 4) is 0 Å². The van der Waals surface area contributed by atoms with Crippen LogP contribution in [0.25, 0.3) is 0 Å². The third-order valence-electron chi connectivity index (χ3n) is 4.29. The van der Waals surface area contributed by atoms with E-state index in [-0.39, 0.29) is 0 Å². The van der Waals surface area contributed by atoms with Crippen LogP contribution >= 0.6 is 0 Å². The Bertz CT molecular complexity index is 218. The Hall–Kier alpha value is 0.0748. The van der Waals surface area contributed by atoms with E-state index in [1.165, 1.54) is 0 Å². The summed E-state index contributed by atoms with van der Waals surface area (Å²) in [6.07, 6.45) is 0. The molecular formula is C12H30B3N3. The van der Waals surface area contributed by atoms with Gasteiger partial charge in [-0.05, 0) is 38.6 Å². The van der Waals surface area contributed by atoms with E-state index >= 15 is 0 Å². The van der Waals surface area contributed by atoms with E-state index in [2.05, 4.69) is 76.9 Å². The zero-order valence-corrected chi connectivity index (χ0v) is 13.8. The molecule has 0 unspecified atom stereocenters. The van der Waals surface area contributed by atoms with Crippen molar-refractivity contribution >= 4 is 20.9 Å². The molecule has 0 N–H and O–H groups in total. The van der Waals surface area contributed by atoms with Crippen molar-refractivity contribution in [2.24, 2.45) is 0 Å². The second kappa shape index (κ2) is 6.02. The van der Waals surface area contributed by atoms with Gasteiger partial charge >= 0.3 is 0 Å². The van der Waals surface area contributed by atoms with E-state index in [9.17, 15) is 0 Å². The number of hydrogen-bond donors (Lipinski definition) is 0. The summed E-state index contributed by atoms with van der Waals surface area (Å²) in [5.74, 6) is 1.95. The molecule has 0 atom stereocenters. The highest BCUT2D eigenvalue weighted by molar-refractivity contribution is 6.87. The van der Waals surface area contributed by atoms with Gasteiger partial charge in [0, 0.05) is 0 Å². The Labute approximate surface area is 116 Å². The third-order valence-corrected chi connectivity index (χ3v) is 4.29. The van der Waals surface area contributed by atoms with Crippen LogP contribution in [0.1, 0.15) is 41.5 Å². The number of nitrogens with zero attached hydrogens (tertiary/aromatic N) is 3. The van der Waals surface area contributed by atoms with Crippen molar-refractivity contribution < 1.29 is 0 Å². The average Bonchev–Trinajstić information content (AvgIpc) is 2.14. The summed E-state index contributed by atoms with van der Waals surface area (Å²) in [5.41, 5.74) is 0. The van der Waals surface area contributed by atoms with E-state index < -0.39 is 0 Å². The first kappa shape index (κ1) is 16.1. The molecule has 0 radical (unpaired) electrons. The maximum Gasteiger partial charge on any atom is 0.292 e. The minimum Gasteiger partial charge on any atom is -0.359 e. The monoisotopic (exact) mass is 249 g/mol. The van der Waals surface area contributed by atoms with Gasteiger partial charge in [0.2, 0.25) is 0 Å². The molecule has 3 nitrogen and oxygen atoms in total. The van der Waals surface area contributed by atoms with Gasteiger partial charge in [0.25, 0.3) is 20.9 Å². The highest BCUT2D eigenvalue weighted by atomic mass is 15.3. The second-order valence-corrected chi connectivity index (χ2v) is 6.97. The SMILES string of the molecule is CC(C)B1N(C)B(C(C)C)N(C)B(C(C)C)N1C. The summed E-state index contributed by atoms with van der Waals surface area (Å²) in [6, 6.07) is 0. The van der Waals surface area contributed by atoms with E-state index in [0.29, 0.717) is 38.4 Å². The Morgan fingerprint density at radius 1 is 0.500 bits per heavy atom. The molecule has 18 heavy (non-hydrogen) atoms. The lowest BCUT2D eigenvalue weighted by Gasteiger charge is -2.54. The summed E-state index contributed by atoms with van der Waals surface area (Å²) in [6.45, 7) is 15.6. The van der Waals surface area contributed by atoms with Gasteiger partial charge in [0.05, 0.1) is 0 Å². The first-order valence-electron chi connectivity index (χ1n) is 7.35. The minimum atomic E-state index is 0.529. The lowest BCUT2D eigenvalue weighted by Crippen LogP contribution is -2.76. The molecule has 0 spiro atoms. The van der Waals surface area contributed by atoms with Crippen LogP contribution in [0, 0.1) is 0 Å². The maximum absolute atomic E-state index is 2.55. The highest BCUT2D eigenvalue weighted by Crippen LogP contribution is 2.31. The molecule has 0 aliphatic carbocycles. The van der Waals surface area contributed by atoms with Crippen molar-refractivity contribution in [2.45, 2.75) is 59.0 Å². The lowest BCUT2D eigenvalue weighted by atomic mass is 9.35. The molecule has 0 amide bonds. The average molecular weight is 249 g/mol. The van der Waals surface area contributed by atoms with Gasteiger partial charge in [0.15, 0.2) is 0 Å². The maximum atomic E-state index is 2.55. The summed E-state index contributed by atoms with van der Waals surface area (Å²) < 4.78 is 7.65. The van der Waals surface area contributed by atoms with Gasteiger partial charge in [-0.3, -0.25) is 0 Å². The lowest BCUT2D eigenvalue weighted by molar-refractivity contribution is 0.495. The molecule has 102 valence electrons. The minimum absolute atomic E-state index is 0.529. The van der Waals surface area contributed by atoms with Crippen molar-refractivity contribution in [2.75, 3.05) is 21.1 Å². The molecule has 0 aromatic carbocycles. The standard InChI is InChI=1S/C12H30B3N3/c1-10(2)13-16(7)14(11(3)4)18(9)15(12(5)6)17(13)8/h10-12H,1-9H3. The zero-order valence-electron chi connectivity index (χ0n) is 13.8.